The van der Waals surface area contributed by atoms with Gasteiger partial charge in [-0.05, 0) is 42.5 Å². The molecule has 0 saturated heterocycles. The molecule has 0 radical (unpaired) electrons. The summed E-state index contributed by atoms with van der Waals surface area (Å²) in [6.45, 7) is 7.25. The largest absolute Gasteiger partial charge is 0.483 e. The molecule has 1 rings (SSSR count). The van der Waals surface area contributed by atoms with Crippen molar-refractivity contribution in [2.75, 3.05) is 12.4 Å². The summed E-state index contributed by atoms with van der Waals surface area (Å²) in [6.07, 6.45) is 0.465. The molecular weight excluding hydrogens is 326 g/mol. The van der Waals surface area contributed by atoms with Crippen molar-refractivity contribution < 1.29 is 17.9 Å². The molecular formula is C15H22ClNO4S. The first-order valence-corrected chi connectivity index (χ1v) is 8.94. The third-order valence-electron chi connectivity index (χ3n) is 2.89. The molecule has 1 aromatic rings. The van der Waals surface area contributed by atoms with Crippen LogP contribution in [0, 0.1) is 12.3 Å². The minimum Gasteiger partial charge on any atom is -0.483 e. The van der Waals surface area contributed by atoms with E-state index in [0.717, 1.165) is 5.56 Å². The summed E-state index contributed by atoms with van der Waals surface area (Å²) >= 11 is 5.82. The first-order chi connectivity index (χ1) is 9.98. The summed E-state index contributed by atoms with van der Waals surface area (Å²) in [4.78, 5) is 11.7. The number of sulfonamides is 1. The van der Waals surface area contributed by atoms with Gasteiger partial charge >= 0.3 is 0 Å². The van der Waals surface area contributed by atoms with Crippen LogP contribution in [0.3, 0.4) is 0 Å². The molecule has 22 heavy (non-hydrogen) atoms. The molecule has 5 nitrogen and oxygen atoms in total. The normalized spacial score (nSPS) is 12.0. The van der Waals surface area contributed by atoms with Crippen LogP contribution in [0.5, 0.6) is 5.75 Å². The van der Waals surface area contributed by atoms with Gasteiger partial charge in [0, 0.05) is 5.02 Å². The van der Waals surface area contributed by atoms with Gasteiger partial charge in [0.15, 0.2) is 6.61 Å². The second kappa shape index (κ2) is 7.33. The highest BCUT2D eigenvalue weighted by Crippen LogP contribution is 2.21. The van der Waals surface area contributed by atoms with Crippen LogP contribution in [-0.4, -0.2) is 26.7 Å². The van der Waals surface area contributed by atoms with Gasteiger partial charge in [-0.2, -0.15) is 0 Å². The summed E-state index contributed by atoms with van der Waals surface area (Å²) in [7, 11) is -3.64. The average Bonchev–Trinajstić information content (AvgIpc) is 2.34. The van der Waals surface area contributed by atoms with Crippen LogP contribution >= 0.6 is 11.6 Å². The Morgan fingerprint density at radius 3 is 2.50 bits per heavy atom. The number of ether oxygens (including phenoxy) is 1. The molecule has 1 aromatic carbocycles. The SMILES string of the molecule is Cc1cc(Cl)ccc1OCC(=O)NS(=O)(=O)CCC(C)(C)C. The number of carbonyl (C=O) groups is 1. The molecule has 0 aliphatic heterocycles. The molecule has 0 aromatic heterocycles. The van der Waals surface area contributed by atoms with Gasteiger partial charge in [-0.3, -0.25) is 9.52 Å². The first-order valence-electron chi connectivity index (χ1n) is 6.91. The highest BCUT2D eigenvalue weighted by molar-refractivity contribution is 7.90. The topological polar surface area (TPSA) is 72.5 Å². The Balaban J connectivity index is 2.52. The van der Waals surface area contributed by atoms with E-state index in [4.69, 9.17) is 16.3 Å². The highest BCUT2D eigenvalue weighted by atomic mass is 35.5. The molecule has 0 spiro atoms. The molecule has 7 heteroatoms. The molecule has 0 saturated carbocycles. The summed E-state index contributed by atoms with van der Waals surface area (Å²) < 4.78 is 30.9. The molecule has 0 heterocycles. The van der Waals surface area contributed by atoms with E-state index in [9.17, 15) is 13.2 Å². The number of halogens is 1. The zero-order valence-corrected chi connectivity index (χ0v) is 14.8. The lowest BCUT2D eigenvalue weighted by molar-refractivity contribution is -0.121. The highest BCUT2D eigenvalue weighted by Gasteiger charge is 2.19. The van der Waals surface area contributed by atoms with Gasteiger partial charge in [0.25, 0.3) is 5.91 Å². The maximum absolute atomic E-state index is 11.8. The number of rotatable bonds is 6. The van der Waals surface area contributed by atoms with Gasteiger partial charge in [0.1, 0.15) is 5.75 Å². The van der Waals surface area contributed by atoms with E-state index in [-0.39, 0.29) is 17.8 Å². The van der Waals surface area contributed by atoms with E-state index in [1.54, 1.807) is 25.1 Å². The minimum absolute atomic E-state index is 0.0950. The fourth-order valence-electron chi connectivity index (χ4n) is 1.61. The number of amides is 1. The molecule has 124 valence electrons. The van der Waals surface area contributed by atoms with E-state index in [2.05, 4.69) is 0 Å². The van der Waals surface area contributed by atoms with E-state index in [0.29, 0.717) is 17.2 Å². The van der Waals surface area contributed by atoms with Crippen LogP contribution in [0.15, 0.2) is 18.2 Å². The second-order valence-electron chi connectivity index (χ2n) is 6.35. The Labute approximate surface area is 137 Å². The van der Waals surface area contributed by atoms with Crippen LogP contribution in [0.4, 0.5) is 0 Å². The third kappa shape index (κ3) is 7.13. The van der Waals surface area contributed by atoms with Crippen molar-refractivity contribution in [3.8, 4) is 5.75 Å². The smallest absolute Gasteiger partial charge is 0.271 e. The van der Waals surface area contributed by atoms with Crippen molar-refractivity contribution >= 4 is 27.5 Å². The van der Waals surface area contributed by atoms with Crippen molar-refractivity contribution in [2.45, 2.75) is 34.1 Å². The minimum atomic E-state index is -3.64. The Morgan fingerprint density at radius 2 is 1.95 bits per heavy atom. The quantitative estimate of drug-likeness (QED) is 0.858. The first kappa shape index (κ1) is 18.8. The van der Waals surface area contributed by atoms with Crippen molar-refractivity contribution in [3.63, 3.8) is 0 Å². The van der Waals surface area contributed by atoms with Crippen molar-refractivity contribution in [3.05, 3.63) is 28.8 Å². The Bertz CT molecular complexity index is 635. The second-order valence-corrected chi connectivity index (χ2v) is 8.63. The molecule has 0 atom stereocenters. The van der Waals surface area contributed by atoms with E-state index in [1.165, 1.54) is 0 Å². The fraction of sp³-hybridized carbons (Fsp3) is 0.533. The molecule has 0 unspecified atom stereocenters. The van der Waals surface area contributed by atoms with Crippen LogP contribution < -0.4 is 9.46 Å². The van der Waals surface area contributed by atoms with Crippen LogP contribution in [-0.2, 0) is 14.8 Å². The number of hydrogen-bond acceptors (Lipinski definition) is 4. The van der Waals surface area contributed by atoms with Gasteiger partial charge in [-0.15, -0.1) is 0 Å². The van der Waals surface area contributed by atoms with Gasteiger partial charge in [0.05, 0.1) is 5.75 Å². The average molecular weight is 348 g/mol. The number of aryl methyl sites for hydroxylation is 1. The fourth-order valence-corrected chi connectivity index (χ4v) is 3.23. The summed E-state index contributed by atoms with van der Waals surface area (Å²) in [5.74, 6) is -0.294. The van der Waals surface area contributed by atoms with Gasteiger partial charge in [-0.1, -0.05) is 32.4 Å². The van der Waals surface area contributed by atoms with Crippen molar-refractivity contribution in [1.29, 1.82) is 0 Å². The maximum atomic E-state index is 11.8. The number of carbonyl (C=O) groups excluding carboxylic acids is 1. The van der Waals surface area contributed by atoms with Gasteiger partial charge < -0.3 is 4.74 Å². The standard InChI is InChI=1S/C15H22ClNO4S/c1-11-9-12(16)5-6-13(11)21-10-14(18)17-22(19,20)8-7-15(2,3)4/h5-6,9H,7-8,10H2,1-4H3,(H,17,18). The van der Waals surface area contributed by atoms with Crippen LogP contribution in [0.1, 0.15) is 32.8 Å². The monoisotopic (exact) mass is 347 g/mol. The van der Waals surface area contributed by atoms with E-state index < -0.39 is 15.9 Å². The zero-order chi connectivity index (χ0) is 17.0. The third-order valence-corrected chi connectivity index (χ3v) is 4.40. The molecule has 0 aliphatic rings. The van der Waals surface area contributed by atoms with Crippen LogP contribution in [0.2, 0.25) is 5.02 Å². The maximum Gasteiger partial charge on any atom is 0.271 e. The molecule has 1 amide bonds. The molecule has 1 N–H and O–H groups in total. The lowest BCUT2D eigenvalue weighted by Gasteiger charge is -2.17. The molecule has 0 bridgehead atoms. The Morgan fingerprint density at radius 1 is 1.32 bits per heavy atom. The predicted octanol–water partition coefficient (Wildman–Crippen LogP) is 2.91. The Hall–Kier alpha value is -1.27. The van der Waals surface area contributed by atoms with E-state index in [1.807, 2.05) is 25.5 Å². The summed E-state index contributed by atoms with van der Waals surface area (Å²) in [5, 5.41) is 0.569. The lowest BCUT2D eigenvalue weighted by Crippen LogP contribution is -2.36. The number of benzene rings is 1. The van der Waals surface area contributed by atoms with Crippen LogP contribution in [0.25, 0.3) is 0 Å². The zero-order valence-electron chi connectivity index (χ0n) is 13.3. The predicted molar refractivity (Wildman–Crippen MR) is 87.7 cm³/mol. The summed E-state index contributed by atoms with van der Waals surface area (Å²) in [5.41, 5.74) is 0.658. The van der Waals surface area contributed by atoms with Crippen molar-refractivity contribution in [2.24, 2.45) is 5.41 Å². The molecule has 0 fully saturated rings. The van der Waals surface area contributed by atoms with Gasteiger partial charge in [-0.25, -0.2) is 8.42 Å². The number of nitrogens with one attached hydrogen (secondary N) is 1. The number of hydrogen-bond donors (Lipinski definition) is 1. The van der Waals surface area contributed by atoms with E-state index >= 15 is 0 Å². The van der Waals surface area contributed by atoms with Crippen molar-refractivity contribution in [1.82, 2.24) is 4.72 Å². The Kier molecular flexibility index (Phi) is 6.26. The summed E-state index contributed by atoms with van der Waals surface area (Å²) in [6, 6.07) is 4.98. The van der Waals surface area contributed by atoms with Gasteiger partial charge in [0.2, 0.25) is 10.0 Å². The lowest BCUT2D eigenvalue weighted by atomic mass is 9.94. The molecule has 0 aliphatic carbocycles.